The Morgan fingerprint density at radius 1 is 0.587 bits per heavy atom. The molecule has 46 heavy (non-hydrogen) atoms. The minimum absolute atomic E-state index is 0.178. The van der Waals surface area contributed by atoms with E-state index in [-0.39, 0.29) is 24.5 Å². The summed E-state index contributed by atoms with van der Waals surface area (Å²) < 4.78 is 5.83. The van der Waals surface area contributed by atoms with Gasteiger partial charge in [-0.3, -0.25) is 14.4 Å². The predicted octanol–water partition coefficient (Wildman–Crippen LogP) is 10.2. The first-order valence-corrected chi connectivity index (χ1v) is 17.4. The van der Waals surface area contributed by atoms with E-state index in [0.717, 1.165) is 89.9 Å². The molecule has 0 saturated heterocycles. The van der Waals surface area contributed by atoms with Gasteiger partial charge in [-0.1, -0.05) is 124 Å². The maximum atomic E-state index is 12.6. The van der Waals surface area contributed by atoms with Crippen molar-refractivity contribution in [3.05, 3.63) is 97.2 Å². The van der Waals surface area contributed by atoms with Crippen LogP contribution in [0.4, 0.5) is 0 Å². The molecular formula is C40H61NO5. The van der Waals surface area contributed by atoms with Gasteiger partial charge in [-0.05, 0) is 83.1 Å². The Kier molecular flexibility index (Phi) is 31.5. The highest BCUT2D eigenvalue weighted by Crippen LogP contribution is 2.13. The molecule has 0 aliphatic rings. The van der Waals surface area contributed by atoms with Crippen molar-refractivity contribution >= 4 is 17.8 Å². The summed E-state index contributed by atoms with van der Waals surface area (Å²) in [6.07, 6.45) is 48.2. The number of amides is 1. The number of aliphatic carboxylic acids is 1. The normalized spacial score (nSPS) is 13.3. The van der Waals surface area contributed by atoms with Crippen LogP contribution in [0.2, 0.25) is 0 Å². The monoisotopic (exact) mass is 635 g/mol. The number of hydrogen-bond donors (Lipinski definition) is 2. The van der Waals surface area contributed by atoms with E-state index >= 15 is 0 Å². The Balaban J connectivity index is 4.52. The third kappa shape index (κ3) is 33.2. The summed E-state index contributed by atoms with van der Waals surface area (Å²) in [5.41, 5.74) is 0. The lowest BCUT2D eigenvalue weighted by atomic mass is 10.1. The zero-order valence-electron chi connectivity index (χ0n) is 28.6. The van der Waals surface area contributed by atoms with E-state index in [1.807, 2.05) is 12.2 Å². The number of carbonyl (C=O) groups is 3. The van der Waals surface area contributed by atoms with Crippen molar-refractivity contribution in [3.63, 3.8) is 0 Å². The van der Waals surface area contributed by atoms with Crippen molar-refractivity contribution in [1.29, 1.82) is 0 Å². The standard InChI is InChI=1S/C40H61NO5/c1-3-5-7-9-11-13-15-16-18-20-22-27-31-35-40(45)46-37(32-28-24-21-19-17-14-12-10-8-6-4-2)33-29-25-23-26-30-34-38(42)41-36-39(43)44/h5-8,11-14,16,18-19,21-22,27-28,32,37H,3-4,9-10,15,17,20,23-26,29-31,33-36H2,1-2H3,(H,41,42)(H,43,44)/b7-5-,8-6-,13-11-,14-12-,18-16-,21-19-,27-22-,32-28-. The van der Waals surface area contributed by atoms with Crippen LogP contribution in [0, 0.1) is 0 Å². The Labute approximate surface area is 279 Å². The van der Waals surface area contributed by atoms with Crippen LogP contribution in [0.3, 0.4) is 0 Å². The average Bonchev–Trinajstić information content (AvgIpc) is 3.04. The number of hydrogen-bond acceptors (Lipinski definition) is 4. The lowest BCUT2D eigenvalue weighted by molar-refractivity contribution is -0.147. The van der Waals surface area contributed by atoms with Gasteiger partial charge in [0.25, 0.3) is 0 Å². The first kappa shape index (κ1) is 42.3. The predicted molar refractivity (Wildman–Crippen MR) is 193 cm³/mol. The van der Waals surface area contributed by atoms with Gasteiger partial charge < -0.3 is 15.2 Å². The van der Waals surface area contributed by atoms with Crippen molar-refractivity contribution < 1.29 is 24.2 Å². The quantitative estimate of drug-likeness (QED) is 0.0485. The van der Waals surface area contributed by atoms with Gasteiger partial charge in [0.15, 0.2) is 0 Å². The topological polar surface area (TPSA) is 92.7 Å². The largest absolute Gasteiger partial charge is 0.480 e. The summed E-state index contributed by atoms with van der Waals surface area (Å²) in [6.45, 7) is 3.94. The molecule has 256 valence electrons. The van der Waals surface area contributed by atoms with Gasteiger partial charge in [-0.15, -0.1) is 0 Å². The molecule has 0 spiro atoms. The molecule has 0 saturated carbocycles. The third-order valence-corrected chi connectivity index (χ3v) is 6.75. The average molecular weight is 636 g/mol. The number of ether oxygens (including phenoxy) is 1. The van der Waals surface area contributed by atoms with Gasteiger partial charge in [-0.25, -0.2) is 0 Å². The molecule has 0 aromatic rings. The van der Waals surface area contributed by atoms with E-state index in [9.17, 15) is 14.4 Å². The Morgan fingerprint density at radius 2 is 1.04 bits per heavy atom. The minimum Gasteiger partial charge on any atom is -0.480 e. The Bertz CT molecular complexity index is 1010. The summed E-state index contributed by atoms with van der Waals surface area (Å²) in [4.78, 5) is 34.7. The first-order chi connectivity index (χ1) is 22.5. The molecule has 0 radical (unpaired) electrons. The van der Waals surface area contributed by atoms with E-state index in [2.05, 4.69) is 104 Å². The van der Waals surface area contributed by atoms with E-state index in [4.69, 9.17) is 9.84 Å². The number of nitrogens with one attached hydrogen (secondary N) is 1. The van der Waals surface area contributed by atoms with Gasteiger partial charge in [-0.2, -0.15) is 0 Å². The zero-order valence-corrected chi connectivity index (χ0v) is 28.6. The second kappa shape index (κ2) is 34.2. The molecule has 2 N–H and O–H groups in total. The lowest BCUT2D eigenvalue weighted by Gasteiger charge is -2.14. The van der Waals surface area contributed by atoms with Gasteiger partial charge in [0.1, 0.15) is 12.6 Å². The van der Waals surface area contributed by atoms with Crippen LogP contribution in [0.15, 0.2) is 97.2 Å². The molecule has 0 fully saturated rings. The fourth-order valence-corrected chi connectivity index (χ4v) is 4.26. The SMILES string of the molecule is CC/C=C\C/C=C\C/C=C\C/C=C\CCC(=O)OC(/C=C\C/C=C\C/C=C\C/C=C\CC)CCCCCCCC(=O)NCC(=O)O. The summed E-state index contributed by atoms with van der Waals surface area (Å²) >= 11 is 0. The van der Waals surface area contributed by atoms with Crippen LogP contribution in [-0.2, 0) is 19.1 Å². The number of carboxylic acids is 1. The van der Waals surface area contributed by atoms with Crippen molar-refractivity contribution in [2.75, 3.05) is 6.54 Å². The molecule has 0 aliphatic heterocycles. The summed E-state index contributed by atoms with van der Waals surface area (Å²) in [6, 6.07) is 0. The van der Waals surface area contributed by atoms with Crippen LogP contribution in [0.25, 0.3) is 0 Å². The molecular weight excluding hydrogens is 574 g/mol. The van der Waals surface area contributed by atoms with Crippen molar-refractivity contribution in [2.24, 2.45) is 0 Å². The van der Waals surface area contributed by atoms with Gasteiger partial charge >= 0.3 is 11.9 Å². The maximum absolute atomic E-state index is 12.6. The van der Waals surface area contributed by atoms with Crippen LogP contribution < -0.4 is 5.32 Å². The molecule has 0 heterocycles. The fraction of sp³-hybridized carbons (Fsp3) is 0.525. The van der Waals surface area contributed by atoms with Crippen molar-refractivity contribution in [1.82, 2.24) is 5.32 Å². The second-order valence-electron chi connectivity index (χ2n) is 11.0. The lowest BCUT2D eigenvalue weighted by Crippen LogP contribution is -2.28. The van der Waals surface area contributed by atoms with E-state index in [0.29, 0.717) is 19.3 Å². The van der Waals surface area contributed by atoms with Gasteiger partial charge in [0, 0.05) is 12.8 Å². The maximum Gasteiger partial charge on any atom is 0.322 e. The van der Waals surface area contributed by atoms with Crippen LogP contribution in [0.5, 0.6) is 0 Å². The fourth-order valence-electron chi connectivity index (χ4n) is 4.26. The number of esters is 1. The summed E-state index contributed by atoms with van der Waals surface area (Å²) in [5.74, 6) is -1.44. The van der Waals surface area contributed by atoms with E-state index < -0.39 is 5.97 Å². The summed E-state index contributed by atoms with van der Waals surface area (Å²) in [7, 11) is 0. The Morgan fingerprint density at radius 3 is 1.57 bits per heavy atom. The highest BCUT2D eigenvalue weighted by molar-refractivity contribution is 5.80. The number of rotatable bonds is 29. The molecule has 1 unspecified atom stereocenters. The van der Waals surface area contributed by atoms with E-state index in [1.165, 1.54) is 0 Å². The smallest absolute Gasteiger partial charge is 0.322 e. The van der Waals surface area contributed by atoms with Crippen LogP contribution in [-0.4, -0.2) is 35.6 Å². The number of unbranched alkanes of at least 4 members (excludes halogenated alkanes) is 4. The van der Waals surface area contributed by atoms with Gasteiger partial charge in [0.2, 0.25) is 5.91 Å². The van der Waals surface area contributed by atoms with Crippen LogP contribution >= 0.6 is 0 Å². The van der Waals surface area contributed by atoms with Crippen molar-refractivity contribution in [2.45, 2.75) is 129 Å². The molecule has 0 aromatic heterocycles. The van der Waals surface area contributed by atoms with Crippen LogP contribution in [0.1, 0.15) is 123 Å². The zero-order chi connectivity index (χ0) is 33.8. The second-order valence-corrected chi connectivity index (χ2v) is 11.0. The highest BCUT2D eigenvalue weighted by atomic mass is 16.5. The molecule has 6 heteroatoms. The molecule has 0 aliphatic carbocycles. The molecule has 0 aromatic carbocycles. The molecule has 1 amide bonds. The van der Waals surface area contributed by atoms with E-state index in [1.54, 1.807) is 0 Å². The van der Waals surface area contributed by atoms with Gasteiger partial charge in [0.05, 0.1) is 0 Å². The van der Waals surface area contributed by atoms with Crippen molar-refractivity contribution in [3.8, 4) is 0 Å². The molecule has 6 nitrogen and oxygen atoms in total. The minimum atomic E-state index is -1.04. The molecule has 1 atom stereocenters. The molecule has 0 bridgehead atoms. The summed E-state index contributed by atoms with van der Waals surface area (Å²) in [5, 5.41) is 11.0. The molecule has 0 rings (SSSR count). The third-order valence-electron chi connectivity index (χ3n) is 6.75. The number of allylic oxidation sites excluding steroid dienone is 15. The first-order valence-electron chi connectivity index (χ1n) is 17.4. The number of carboxylic acid groups (broad SMARTS) is 1. The Hall–Kier alpha value is -3.67. The highest BCUT2D eigenvalue weighted by Gasteiger charge is 2.11. The number of carbonyl (C=O) groups excluding carboxylic acids is 2.